The molecule has 0 radical (unpaired) electrons. The summed E-state index contributed by atoms with van der Waals surface area (Å²) in [6.45, 7) is 1.77. The van der Waals surface area contributed by atoms with Gasteiger partial charge >= 0.3 is 0 Å². The smallest absolute Gasteiger partial charge is 0.254 e. The van der Waals surface area contributed by atoms with Gasteiger partial charge in [-0.05, 0) is 88.5 Å². The fourth-order valence-corrected chi connectivity index (χ4v) is 5.79. The quantitative estimate of drug-likeness (QED) is 0.807. The molecule has 4 heteroatoms. The number of nitrogens with zero attached hydrogens (tertiary/aromatic N) is 2. The van der Waals surface area contributed by atoms with Crippen LogP contribution in [0.4, 0.5) is 0 Å². The van der Waals surface area contributed by atoms with E-state index in [9.17, 15) is 9.59 Å². The number of carbonyl (C=O) groups is 2. The summed E-state index contributed by atoms with van der Waals surface area (Å²) < 4.78 is 0. The molecule has 2 aliphatic carbocycles. The molecule has 0 N–H and O–H groups in total. The molecule has 138 valence electrons. The maximum Gasteiger partial charge on any atom is 0.254 e. The molecule has 0 bridgehead atoms. The summed E-state index contributed by atoms with van der Waals surface area (Å²) in [6.07, 6.45) is 11.7. The Bertz CT molecular complexity index is 668. The van der Waals surface area contributed by atoms with Crippen LogP contribution < -0.4 is 0 Å². The minimum absolute atomic E-state index is 0.151. The van der Waals surface area contributed by atoms with Crippen molar-refractivity contribution in [3.8, 4) is 0 Å². The second-order valence-corrected chi connectivity index (χ2v) is 8.85. The lowest BCUT2D eigenvalue weighted by atomic mass is 9.74. The molecule has 0 aromatic heterocycles. The maximum absolute atomic E-state index is 13.0. The first-order chi connectivity index (χ1) is 12.6. The highest BCUT2D eigenvalue weighted by Crippen LogP contribution is 2.47. The molecule has 2 saturated carbocycles. The summed E-state index contributed by atoms with van der Waals surface area (Å²) in [5.41, 5.74) is 1.76. The fourth-order valence-electron chi connectivity index (χ4n) is 5.79. The number of benzene rings is 1. The van der Waals surface area contributed by atoms with Crippen molar-refractivity contribution in [2.45, 2.75) is 75.3 Å². The normalized spacial score (nSPS) is 25.4. The third-order valence-electron chi connectivity index (χ3n) is 7.63. The highest BCUT2D eigenvalue weighted by Gasteiger charge is 2.49. The number of likely N-dealkylation sites (tertiary alicyclic amines) is 2. The van der Waals surface area contributed by atoms with Gasteiger partial charge in [0.2, 0.25) is 0 Å². The van der Waals surface area contributed by atoms with Crippen molar-refractivity contribution in [1.82, 2.24) is 9.80 Å². The second kappa shape index (κ2) is 5.83. The summed E-state index contributed by atoms with van der Waals surface area (Å²) in [5.74, 6) is 0.302. The molecular formula is C22H28N2O2. The van der Waals surface area contributed by atoms with Crippen molar-refractivity contribution in [1.29, 1.82) is 0 Å². The Morgan fingerprint density at radius 2 is 0.962 bits per heavy atom. The molecule has 4 fully saturated rings. The van der Waals surface area contributed by atoms with E-state index in [1.165, 1.54) is 12.8 Å². The standard InChI is InChI=1S/C22H28N2O2/c25-19(23-15-3-13-21(23)9-1-10-21)17-5-7-18(8-6-17)20(26)24-16-4-14-22(24)11-2-12-22/h5-8H,1-4,9-16H2. The van der Waals surface area contributed by atoms with Crippen molar-refractivity contribution in [3.63, 3.8) is 0 Å². The van der Waals surface area contributed by atoms with Crippen LogP contribution in [-0.4, -0.2) is 45.8 Å². The Balaban J connectivity index is 1.33. The Labute approximate surface area is 155 Å². The van der Waals surface area contributed by atoms with Gasteiger partial charge in [-0.1, -0.05) is 0 Å². The lowest BCUT2D eigenvalue weighted by molar-refractivity contribution is 0.0355. The Morgan fingerprint density at radius 3 is 1.27 bits per heavy atom. The van der Waals surface area contributed by atoms with Crippen LogP contribution in [0.2, 0.25) is 0 Å². The lowest BCUT2D eigenvalue weighted by Gasteiger charge is -2.46. The molecule has 26 heavy (non-hydrogen) atoms. The lowest BCUT2D eigenvalue weighted by Crippen LogP contribution is -2.52. The molecule has 5 rings (SSSR count). The zero-order valence-electron chi connectivity index (χ0n) is 15.5. The molecular weight excluding hydrogens is 324 g/mol. The summed E-state index contributed by atoms with van der Waals surface area (Å²) in [5, 5.41) is 0. The second-order valence-electron chi connectivity index (χ2n) is 8.85. The van der Waals surface area contributed by atoms with Gasteiger partial charge < -0.3 is 9.80 Å². The van der Waals surface area contributed by atoms with Crippen molar-refractivity contribution in [3.05, 3.63) is 35.4 Å². The fraction of sp³-hybridized carbons (Fsp3) is 0.636. The molecule has 2 aliphatic heterocycles. The van der Waals surface area contributed by atoms with Gasteiger partial charge in [-0.15, -0.1) is 0 Å². The first kappa shape index (κ1) is 16.3. The molecule has 2 spiro atoms. The highest BCUT2D eigenvalue weighted by molar-refractivity contribution is 5.98. The summed E-state index contributed by atoms with van der Waals surface area (Å²) >= 11 is 0. The molecule has 2 heterocycles. The van der Waals surface area contributed by atoms with Crippen LogP contribution in [0.5, 0.6) is 0 Å². The van der Waals surface area contributed by atoms with E-state index in [-0.39, 0.29) is 22.9 Å². The van der Waals surface area contributed by atoms with E-state index in [0.29, 0.717) is 0 Å². The Kier molecular flexibility index (Phi) is 3.67. The van der Waals surface area contributed by atoms with Crippen LogP contribution in [0.3, 0.4) is 0 Å². The first-order valence-electron chi connectivity index (χ1n) is 10.4. The highest BCUT2D eigenvalue weighted by atomic mass is 16.2. The van der Waals surface area contributed by atoms with Crippen LogP contribution in [0.15, 0.2) is 24.3 Å². The van der Waals surface area contributed by atoms with E-state index >= 15 is 0 Å². The van der Waals surface area contributed by atoms with Crippen molar-refractivity contribution < 1.29 is 9.59 Å². The van der Waals surface area contributed by atoms with Crippen LogP contribution in [-0.2, 0) is 0 Å². The third-order valence-corrected chi connectivity index (χ3v) is 7.63. The number of hydrogen-bond acceptors (Lipinski definition) is 2. The van der Waals surface area contributed by atoms with Crippen molar-refractivity contribution >= 4 is 11.8 Å². The van der Waals surface area contributed by atoms with Gasteiger partial charge in [0.15, 0.2) is 0 Å². The average molecular weight is 352 g/mol. The Hall–Kier alpha value is -1.84. The van der Waals surface area contributed by atoms with Gasteiger partial charge in [-0.3, -0.25) is 9.59 Å². The zero-order valence-corrected chi connectivity index (χ0v) is 15.5. The molecule has 2 amide bonds. The van der Waals surface area contributed by atoms with E-state index in [0.717, 1.165) is 75.6 Å². The molecule has 1 aromatic rings. The summed E-state index contributed by atoms with van der Waals surface area (Å²) in [6, 6.07) is 7.46. The largest absolute Gasteiger partial charge is 0.333 e. The first-order valence-corrected chi connectivity index (χ1v) is 10.4. The van der Waals surface area contributed by atoms with Gasteiger partial charge in [0.05, 0.1) is 0 Å². The van der Waals surface area contributed by atoms with Gasteiger partial charge in [0.1, 0.15) is 0 Å². The topological polar surface area (TPSA) is 40.6 Å². The van der Waals surface area contributed by atoms with Crippen molar-refractivity contribution in [2.24, 2.45) is 0 Å². The minimum atomic E-state index is 0.151. The SMILES string of the molecule is O=C(c1ccc(C(=O)N2CCCC23CCC3)cc1)N1CCCC12CCC2. The number of amides is 2. The van der Waals surface area contributed by atoms with Crippen LogP contribution >= 0.6 is 0 Å². The molecule has 4 nitrogen and oxygen atoms in total. The van der Waals surface area contributed by atoms with Gasteiger partial charge in [0, 0.05) is 35.3 Å². The summed E-state index contributed by atoms with van der Waals surface area (Å²) in [4.78, 5) is 30.2. The zero-order chi connectivity index (χ0) is 17.8. The van der Waals surface area contributed by atoms with Crippen LogP contribution in [0.25, 0.3) is 0 Å². The van der Waals surface area contributed by atoms with E-state index < -0.39 is 0 Å². The van der Waals surface area contributed by atoms with Crippen LogP contribution in [0, 0.1) is 0 Å². The number of hydrogen-bond donors (Lipinski definition) is 0. The Morgan fingerprint density at radius 1 is 0.615 bits per heavy atom. The van der Waals surface area contributed by atoms with E-state index in [2.05, 4.69) is 9.80 Å². The molecule has 1 aromatic carbocycles. The predicted octanol–water partition coefficient (Wildman–Crippen LogP) is 4.00. The number of carbonyl (C=O) groups excluding carboxylic acids is 2. The molecule has 0 atom stereocenters. The molecule has 4 aliphatic rings. The van der Waals surface area contributed by atoms with E-state index in [4.69, 9.17) is 0 Å². The third kappa shape index (κ3) is 2.27. The minimum Gasteiger partial charge on any atom is -0.333 e. The van der Waals surface area contributed by atoms with Gasteiger partial charge in [-0.2, -0.15) is 0 Å². The van der Waals surface area contributed by atoms with Crippen LogP contribution in [0.1, 0.15) is 84.9 Å². The monoisotopic (exact) mass is 352 g/mol. The van der Waals surface area contributed by atoms with Crippen molar-refractivity contribution in [2.75, 3.05) is 13.1 Å². The van der Waals surface area contributed by atoms with E-state index in [1.807, 2.05) is 24.3 Å². The molecule has 2 saturated heterocycles. The number of rotatable bonds is 2. The molecule has 0 unspecified atom stereocenters. The predicted molar refractivity (Wildman–Crippen MR) is 100 cm³/mol. The maximum atomic E-state index is 13.0. The average Bonchev–Trinajstić information content (AvgIpc) is 3.24. The van der Waals surface area contributed by atoms with Gasteiger partial charge in [0.25, 0.3) is 11.8 Å². The van der Waals surface area contributed by atoms with E-state index in [1.54, 1.807) is 0 Å². The van der Waals surface area contributed by atoms with Gasteiger partial charge in [-0.25, -0.2) is 0 Å². The summed E-state index contributed by atoms with van der Waals surface area (Å²) in [7, 11) is 0.